The second-order valence-electron chi connectivity index (χ2n) is 3.99. The summed E-state index contributed by atoms with van der Waals surface area (Å²) in [5, 5.41) is 5.13. The molecule has 0 unspecified atom stereocenters. The molecular formula is C12H11N5O. The zero-order chi connectivity index (χ0) is 12.5. The highest BCUT2D eigenvalue weighted by molar-refractivity contribution is 5.92. The van der Waals surface area contributed by atoms with Gasteiger partial charge in [0.2, 0.25) is 5.91 Å². The molecule has 0 saturated heterocycles. The number of hydrogen-bond donors (Lipinski definition) is 2. The maximum atomic E-state index is 10.8. The van der Waals surface area contributed by atoms with Crippen molar-refractivity contribution in [3.8, 4) is 11.1 Å². The largest absolute Gasteiger partial charge is 0.368 e. The van der Waals surface area contributed by atoms with Crippen LogP contribution in [0.1, 0.15) is 0 Å². The van der Waals surface area contributed by atoms with Crippen LogP contribution < -0.4 is 5.73 Å². The molecule has 3 aromatic heterocycles. The number of carbonyl (C=O) groups is 1. The first-order valence-corrected chi connectivity index (χ1v) is 5.47. The summed E-state index contributed by atoms with van der Waals surface area (Å²) < 4.78 is 1.52. The van der Waals surface area contributed by atoms with Crippen LogP contribution in [0, 0.1) is 0 Å². The van der Waals surface area contributed by atoms with Crippen LogP contribution in [0.25, 0.3) is 22.2 Å². The zero-order valence-corrected chi connectivity index (χ0v) is 9.50. The molecule has 0 aliphatic heterocycles. The molecule has 6 nitrogen and oxygen atoms in total. The van der Waals surface area contributed by atoms with E-state index in [2.05, 4.69) is 15.1 Å². The number of aromatic nitrogens is 4. The number of fused-ring (bicyclic) bond motifs is 1. The minimum Gasteiger partial charge on any atom is -0.368 e. The molecule has 3 rings (SSSR count). The maximum absolute atomic E-state index is 10.8. The van der Waals surface area contributed by atoms with E-state index in [0.29, 0.717) is 0 Å². The first-order chi connectivity index (χ1) is 8.74. The van der Waals surface area contributed by atoms with E-state index in [0.717, 1.165) is 22.2 Å². The van der Waals surface area contributed by atoms with Crippen molar-refractivity contribution in [2.24, 2.45) is 5.73 Å². The van der Waals surface area contributed by atoms with Crippen LogP contribution in [-0.2, 0) is 11.3 Å². The Morgan fingerprint density at radius 1 is 1.44 bits per heavy atom. The standard InChI is InChI=1S/C12H11N5O/c13-11(18)7-17-6-8(5-16-17)9-1-3-14-12-10(9)2-4-15-12/h1-6H,7H2,(H2,13,18)(H,14,15). The van der Waals surface area contributed by atoms with Crippen LogP contribution in [0.4, 0.5) is 0 Å². The van der Waals surface area contributed by atoms with Gasteiger partial charge in [0.25, 0.3) is 0 Å². The van der Waals surface area contributed by atoms with E-state index < -0.39 is 5.91 Å². The predicted octanol–water partition coefficient (Wildman–Crippen LogP) is 0.912. The number of nitrogens with zero attached hydrogens (tertiary/aromatic N) is 3. The number of nitrogens with two attached hydrogens (primary N) is 1. The van der Waals surface area contributed by atoms with Gasteiger partial charge in [0.05, 0.1) is 6.20 Å². The van der Waals surface area contributed by atoms with E-state index in [1.165, 1.54) is 4.68 Å². The third-order valence-electron chi connectivity index (χ3n) is 2.72. The van der Waals surface area contributed by atoms with E-state index in [1.807, 2.05) is 18.3 Å². The number of hydrogen-bond acceptors (Lipinski definition) is 3. The van der Waals surface area contributed by atoms with Crippen molar-refractivity contribution in [3.63, 3.8) is 0 Å². The lowest BCUT2D eigenvalue weighted by Gasteiger charge is -1.99. The molecule has 18 heavy (non-hydrogen) atoms. The number of rotatable bonds is 3. The summed E-state index contributed by atoms with van der Waals surface area (Å²) in [5.41, 5.74) is 7.92. The van der Waals surface area contributed by atoms with E-state index in [-0.39, 0.29) is 6.54 Å². The summed E-state index contributed by atoms with van der Waals surface area (Å²) >= 11 is 0. The average molecular weight is 241 g/mol. The molecule has 0 aliphatic carbocycles. The van der Waals surface area contributed by atoms with Gasteiger partial charge in [-0.25, -0.2) is 4.98 Å². The van der Waals surface area contributed by atoms with Crippen molar-refractivity contribution in [1.82, 2.24) is 19.7 Å². The minimum absolute atomic E-state index is 0.0847. The number of aromatic amines is 1. The van der Waals surface area contributed by atoms with Crippen molar-refractivity contribution in [2.45, 2.75) is 6.54 Å². The van der Waals surface area contributed by atoms with Gasteiger partial charge in [0, 0.05) is 29.5 Å². The summed E-state index contributed by atoms with van der Waals surface area (Å²) in [6.07, 6.45) is 7.09. The molecule has 0 aliphatic rings. The number of amides is 1. The van der Waals surface area contributed by atoms with E-state index >= 15 is 0 Å². The van der Waals surface area contributed by atoms with Crippen LogP contribution in [0.15, 0.2) is 36.9 Å². The minimum atomic E-state index is -0.411. The Bertz CT molecular complexity index is 712. The summed E-state index contributed by atoms with van der Waals surface area (Å²) in [5.74, 6) is -0.411. The fraction of sp³-hybridized carbons (Fsp3) is 0.0833. The molecule has 0 aromatic carbocycles. The average Bonchev–Trinajstić information content (AvgIpc) is 2.95. The molecule has 3 heterocycles. The molecule has 0 spiro atoms. The highest BCUT2D eigenvalue weighted by Crippen LogP contribution is 2.26. The van der Waals surface area contributed by atoms with Crippen molar-refractivity contribution in [3.05, 3.63) is 36.9 Å². The van der Waals surface area contributed by atoms with Crippen LogP contribution in [0.2, 0.25) is 0 Å². The quantitative estimate of drug-likeness (QED) is 0.714. The molecule has 1 amide bonds. The molecule has 0 radical (unpaired) electrons. The van der Waals surface area contributed by atoms with Gasteiger partial charge in [-0.2, -0.15) is 5.10 Å². The summed E-state index contributed by atoms with van der Waals surface area (Å²) in [6, 6.07) is 3.88. The van der Waals surface area contributed by atoms with E-state index in [4.69, 9.17) is 5.73 Å². The Balaban J connectivity index is 2.06. The van der Waals surface area contributed by atoms with Crippen LogP contribution in [-0.4, -0.2) is 25.7 Å². The van der Waals surface area contributed by atoms with Gasteiger partial charge >= 0.3 is 0 Å². The van der Waals surface area contributed by atoms with Gasteiger partial charge in [0.15, 0.2) is 0 Å². The molecule has 0 atom stereocenters. The predicted molar refractivity (Wildman–Crippen MR) is 66.5 cm³/mol. The monoisotopic (exact) mass is 241 g/mol. The third kappa shape index (κ3) is 1.73. The Hall–Kier alpha value is -2.63. The number of primary amides is 1. The van der Waals surface area contributed by atoms with Crippen molar-refractivity contribution < 1.29 is 4.79 Å². The van der Waals surface area contributed by atoms with Gasteiger partial charge < -0.3 is 10.7 Å². The molecule has 0 bridgehead atoms. The Kier molecular flexibility index (Phi) is 2.33. The SMILES string of the molecule is NC(=O)Cn1cc(-c2ccnc3[nH]ccc23)cn1. The molecule has 3 aromatic rings. The Labute approximate surface area is 102 Å². The molecule has 0 fully saturated rings. The number of H-pyrrole nitrogens is 1. The van der Waals surface area contributed by atoms with Gasteiger partial charge in [-0.3, -0.25) is 9.48 Å². The molecular weight excluding hydrogens is 230 g/mol. The van der Waals surface area contributed by atoms with Gasteiger partial charge in [0.1, 0.15) is 12.2 Å². The second-order valence-corrected chi connectivity index (χ2v) is 3.99. The Morgan fingerprint density at radius 3 is 3.17 bits per heavy atom. The fourth-order valence-electron chi connectivity index (χ4n) is 1.96. The number of carbonyl (C=O) groups excluding carboxylic acids is 1. The third-order valence-corrected chi connectivity index (χ3v) is 2.72. The molecule has 3 N–H and O–H groups in total. The van der Waals surface area contributed by atoms with Crippen LogP contribution in [0.3, 0.4) is 0 Å². The number of pyridine rings is 1. The lowest BCUT2D eigenvalue weighted by atomic mass is 10.1. The highest BCUT2D eigenvalue weighted by atomic mass is 16.1. The van der Waals surface area contributed by atoms with E-state index in [9.17, 15) is 4.79 Å². The smallest absolute Gasteiger partial charge is 0.239 e. The van der Waals surface area contributed by atoms with E-state index in [1.54, 1.807) is 18.6 Å². The zero-order valence-electron chi connectivity index (χ0n) is 9.50. The van der Waals surface area contributed by atoms with Crippen molar-refractivity contribution >= 4 is 16.9 Å². The van der Waals surface area contributed by atoms with Crippen molar-refractivity contribution in [2.75, 3.05) is 0 Å². The Morgan fingerprint density at radius 2 is 2.33 bits per heavy atom. The second kappa shape index (κ2) is 3.99. The molecule has 90 valence electrons. The summed E-state index contributed by atoms with van der Waals surface area (Å²) in [7, 11) is 0. The lowest BCUT2D eigenvalue weighted by molar-refractivity contribution is -0.118. The van der Waals surface area contributed by atoms with Gasteiger partial charge in [-0.15, -0.1) is 0 Å². The first-order valence-electron chi connectivity index (χ1n) is 5.47. The molecule has 0 saturated carbocycles. The van der Waals surface area contributed by atoms with Gasteiger partial charge in [-0.05, 0) is 17.7 Å². The van der Waals surface area contributed by atoms with Gasteiger partial charge in [-0.1, -0.05) is 0 Å². The first kappa shape index (κ1) is 10.5. The van der Waals surface area contributed by atoms with Crippen LogP contribution in [0.5, 0.6) is 0 Å². The normalized spacial score (nSPS) is 10.9. The van der Waals surface area contributed by atoms with Crippen LogP contribution >= 0.6 is 0 Å². The summed E-state index contributed by atoms with van der Waals surface area (Å²) in [4.78, 5) is 18.1. The fourth-order valence-corrected chi connectivity index (χ4v) is 1.96. The lowest BCUT2D eigenvalue weighted by Crippen LogP contribution is -2.18. The summed E-state index contributed by atoms with van der Waals surface area (Å²) in [6.45, 7) is 0.0847. The topological polar surface area (TPSA) is 89.6 Å². The number of nitrogens with one attached hydrogen (secondary N) is 1. The highest BCUT2D eigenvalue weighted by Gasteiger charge is 2.08. The molecule has 6 heteroatoms. The maximum Gasteiger partial charge on any atom is 0.239 e. The van der Waals surface area contributed by atoms with Crippen molar-refractivity contribution in [1.29, 1.82) is 0 Å².